The fourth-order valence-corrected chi connectivity index (χ4v) is 5.51. The van der Waals surface area contributed by atoms with Gasteiger partial charge in [0.25, 0.3) is 0 Å². The van der Waals surface area contributed by atoms with Gasteiger partial charge >= 0.3 is 0 Å². The van der Waals surface area contributed by atoms with Gasteiger partial charge in [-0.3, -0.25) is 4.79 Å². The Bertz CT molecular complexity index is 1050. The Hall–Kier alpha value is -1.95. The maximum Gasteiger partial charge on any atom is 0.192 e. The second-order valence-corrected chi connectivity index (χ2v) is 11.4. The standard InChI is InChI=1S/C24H26O3S2/c1-16-9-12-18(13-10-16)29(27)23-19-8-6-5-7-17(19)11-14-20(23)21(25)15-22(26)28-24(2,3)4/h5-14,21,25H,15H2,1-4H3/t21-,29?/m1/s1. The van der Waals surface area contributed by atoms with Crippen molar-refractivity contribution in [2.45, 2.75) is 54.8 Å². The minimum atomic E-state index is -1.47. The van der Waals surface area contributed by atoms with Crippen LogP contribution < -0.4 is 0 Å². The van der Waals surface area contributed by atoms with E-state index in [1.165, 1.54) is 11.8 Å². The van der Waals surface area contributed by atoms with Gasteiger partial charge in [-0.05, 0) is 35.4 Å². The minimum Gasteiger partial charge on any atom is -0.388 e. The molecule has 2 atom stereocenters. The van der Waals surface area contributed by atoms with Gasteiger partial charge in [0.15, 0.2) is 5.12 Å². The summed E-state index contributed by atoms with van der Waals surface area (Å²) in [6, 6.07) is 19.0. The molecule has 1 N–H and O–H groups in total. The summed E-state index contributed by atoms with van der Waals surface area (Å²) in [7, 11) is -1.47. The first-order chi connectivity index (χ1) is 13.7. The molecule has 0 radical (unpaired) electrons. The molecule has 0 aromatic heterocycles. The number of aliphatic hydroxyl groups excluding tert-OH is 1. The van der Waals surface area contributed by atoms with E-state index in [1.54, 1.807) is 6.07 Å². The molecular formula is C24H26O3S2. The van der Waals surface area contributed by atoms with Crippen LogP contribution in [0.1, 0.15) is 44.4 Å². The lowest BCUT2D eigenvalue weighted by Crippen LogP contribution is -2.15. The smallest absolute Gasteiger partial charge is 0.192 e. The number of carbonyl (C=O) groups is 1. The second-order valence-electron chi connectivity index (χ2n) is 8.09. The average Bonchev–Trinajstić information content (AvgIpc) is 2.65. The molecule has 0 amide bonds. The van der Waals surface area contributed by atoms with Crippen LogP contribution in [0.4, 0.5) is 0 Å². The Morgan fingerprint density at radius 1 is 1.03 bits per heavy atom. The number of aryl methyl sites for hydroxylation is 1. The maximum atomic E-state index is 13.5. The summed E-state index contributed by atoms with van der Waals surface area (Å²) in [6.07, 6.45) is -1.02. The first kappa shape index (κ1) is 21.8. The number of aliphatic hydroxyl groups is 1. The summed E-state index contributed by atoms with van der Waals surface area (Å²) in [6.45, 7) is 7.89. The Kier molecular flexibility index (Phi) is 6.62. The van der Waals surface area contributed by atoms with E-state index in [-0.39, 0.29) is 16.3 Å². The molecule has 152 valence electrons. The SMILES string of the molecule is Cc1ccc(S(=O)c2c([C@H](O)CC(=O)SC(C)(C)C)ccc3ccccc23)cc1. The summed E-state index contributed by atoms with van der Waals surface area (Å²) in [4.78, 5) is 13.7. The highest BCUT2D eigenvalue weighted by molar-refractivity contribution is 8.14. The molecule has 5 heteroatoms. The predicted octanol–water partition coefficient (Wildman–Crippen LogP) is 5.80. The van der Waals surface area contributed by atoms with Crippen molar-refractivity contribution in [3.8, 4) is 0 Å². The molecule has 0 saturated heterocycles. The zero-order valence-corrected chi connectivity index (χ0v) is 18.8. The lowest BCUT2D eigenvalue weighted by atomic mass is 10.0. The van der Waals surface area contributed by atoms with E-state index in [2.05, 4.69) is 0 Å². The topological polar surface area (TPSA) is 54.4 Å². The van der Waals surface area contributed by atoms with Crippen molar-refractivity contribution in [1.29, 1.82) is 0 Å². The number of benzene rings is 3. The molecule has 1 unspecified atom stereocenters. The van der Waals surface area contributed by atoms with Gasteiger partial charge in [0.05, 0.1) is 21.8 Å². The molecule has 0 bridgehead atoms. The lowest BCUT2D eigenvalue weighted by molar-refractivity contribution is -0.112. The highest BCUT2D eigenvalue weighted by Crippen LogP contribution is 2.35. The molecular weight excluding hydrogens is 400 g/mol. The first-order valence-electron chi connectivity index (χ1n) is 9.56. The van der Waals surface area contributed by atoms with Crippen molar-refractivity contribution in [3.63, 3.8) is 0 Å². The van der Waals surface area contributed by atoms with Crippen LogP contribution in [0.5, 0.6) is 0 Å². The molecule has 0 spiro atoms. The Morgan fingerprint density at radius 2 is 1.69 bits per heavy atom. The Morgan fingerprint density at radius 3 is 2.34 bits per heavy atom. The van der Waals surface area contributed by atoms with Crippen molar-refractivity contribution in [2.75, 3.05) is 0 Å². The molecule has 0 saturated carbocycles. The molecule has 29 heavy (non-hydrogen) atoms. The van der Waals surface area contributed by atoms with E-state index in [1.807, 2.05) is 82.3 Å². The second kappa shape index (κ2) is 8.82. The summed E-state index contributed by atoms with van der Waals surface area (Å²) in [5.41, 5.74) is 1.64. The quantitative estimate of drug-likeness (QED) is 0.560. The molecule has 0 fully saturated rings. The maximum absolute atomic E-state index is 13.5. The molecule has 0 heterocycles. The van der Waals surface area contributed by atoms with E-state index in [9.17, 15) is 14.1 Å². The largest absolute Gasteiger partial charge is 0.388 e. The molecule has 3 aromatic carbocycles. The van der Waals surface area contributed by atoms with E-state index in [4.69, 9.17) is 0 Å². The number of fused-ring (bicyclic) bond motifs is 1. The minimum absolute atomic E-state index is 0.0155. The van der Waals surface area contributed by atoms with E-state index >= 15 is 0 Å². The van der Waals surface area contributed by atoms with Crippen LogP contribution in [0, 0.1) is 6.92 Å². The van der Waals surface area contributed by atoms with E-state index in [0.29, 0.717) is 15.4 Å². The van der Waals surface area contributed by atoms with Gasteiger partial charge in [-0.2, -0.15) is 0 Å². The van der Waals surface area contributed by atoms with Crippen LogP contribution in [-0.2, 0) is 15.6 Å². The van der Waals surface area contributed by atoms with Crippen molar-refractivity contribution < 1.29 is 14.1 Å². The highest BCUT2D eigenvalue weighted by atomic mass is 32.2. The van der Waals surface area contributed by atoms with Crippen LogP contribution >= 0.6 is 11.8 Å². The fourth-order valence-electron chi connectivity index (χ4n) is 3.16. The Labute approximate surface area is 179 Å². The van der Waals surface area contributed by atoms with Crippen LogP contribution in [0.15, 0.2) is 70.5 Å². The highest BCUT2D eigenvalue weighted by Gasteiger charge is 2.25. The zero-order chi connectivity index (χ0) is 21.2. The number of thioether (sulfide) groups is 1. The van der Waals surface area contributed by atoms with Gasteiger partial charge < -0.3 is 5.11 Å². The zero-order valence-electron chi connectivity index (χ0n) is 17.1. The van der Waals surface area contributed by atoms with Gasteiger partial charge in [-0.15, -0.1) is 0 Å². The lowest BCUT2D eigenvalue weighted by Gasteiger charge is -2.20. The van der Waals surface area contributed by atoms with Gasteiger partial charge in [0.2, 0.25) is 0 Å². The van der Waals surface area contributed by atoms with Crippen molar-refractivity contribution in [1.82, 2.24) is 0 Å². The average molecular weight is 427 g/mol. The van der Waals surface area contributed by atoms with Crippen molar-refractivity contribution in [2.24, 2.45) is 0 Å². The predicted molar refractivity (Wildman–Crippen MR) is 122 cm³/mol. The number of carbonyl (C=O) groups excluding carboxylic acids is 1. The summed E-state index contributed by atoms with van der Waals surface area (Å²) in [5.74, 6) is 0. The number of rotatable bonds is 5. The third-order valence-corrected chi connectivity index (χ3v) is 7.00. The van der Waals surface area contributed by atoms with E-state index in [0.717, 1.165) is 16.3 Å². The van der Waals surface area contributed by atoms with Crippen LogP contribution in [-0.4, -0.2) is 19.2 Å². The van der Waals surface area contributed by atoms with Crippen molar-refractivity contribution in [3.05, 3.63) is 71.8 Å². The van der Waals surface area contributed by atoms with E-state index < -0.39 is 16.9 Å². The monoisotopic (exact) mass is 426 g/mol. The van der Waals surface area contributed by atoms with Crippen LogP contribution in [0.3, 0.4) is 0 Å². The molecule has 3 nitrogen and oxygen atoms in total. The molecule has 3 aromatic rings. The van der Waals surface area contributed by atoms with Crippen LogP contribution in [0.25, 0.3) is 10.8 Å². The van der Waals surface area contributed by atoms with Crippen molar-refractivity contribution >= 4 is 38.4 Å². The first-order valence-corrected chi connectivity index (χ1v) is 11.5. The number of hydrogen-bond acceptors (Lipinski definition) is 4. The van der Waals surface area contributed by atoms with Crippen LogP contribution in [0.2, 0.25) is 0 Å². The normalized spacial score (nSPS) is 14.0. The third-order valence-electron chi connectivity index (χ3n) is 4.47. The molecule has 3 rings (SSSR count). The van der Waals surface area contributed by atoms with Gasteiger partial charge in [0.1, 0.15) is 0 Å². The summed E-state index contributed by atoms with van der Waals surface area (Å²) < 4.78 is 13.3. The van der Waals surface area contributed by atoms with Gasteiger partial charge in [0, 0.05) is 16.1 Å². The fraction of sp³-hybridized carbons (Fsp3) is 0.292. The summed E-state index contributed by atoms with van der Waals surface area (Å²) >= 11 is 1.22. The van der Waals surface area contributed by atoms with Gasteiger partial charge in [-0.25, -0.2) is 4.21 Å². The Balaban J connectivity index is 2.05. The van der Waals surface area contributed by atoms with Gasteiger partial charge in [-0.1, -0.05) is 86.6 Å². The molecule has 0 aliphatic carbocycles. The number of hydrogen-bond donors (Lipinski definition) is 1. The molecule has 0 aliphatic heterocycles. The molecule has 0 aliphatic rings. The summed E-state index contributed by atoms with van der Waals surface area (Å²) in [5, 5.41) is 12.6. The third kappa shape index (κ3) is 5.35.